The molecule has 1 aromatic rings. The largest absolute Gasteiger partial charge is 0.382 e. The topological polar surface area (TPSA) is 75.7 Å². The predicted molar refractivity (Wildman–Crippen MR) is 95.2 cm³/mol. The summed E-state index contributed by atoms with van der Waals surface area (Å²) in [6, 6.07) is 8.28. The van der Waals surface area contributed by atoms with Crippen LogP contribution in [0.25, 0.3) is 0 Å². The number of carbonyl (C=O) groups is 1. The number of rotatable bonds is 3. The minimum Gasteiger partial charge on any atom is -0.382 e. The number of aryl methyl sites for hydroxylation is 1. The van der Waals surface area contributed by atoms with E-state index in [1.807, 2.05) is 18.2 Å². The van der Waals surface area contributed by atoms with Gasteiger partial charge in [0.1, 0.15) is 0 Å². The van der Waals surface area contributed by atoms with E-state index in [4.69, 9.17) is 4.74 Å². The Labute approximate surface area is 148 Å². The van der Waals surface area contributed by atoms with Crippen molar-refractivity contribution in [3.8, 4) is 0 Å². The van der Waals surface area contributed by atoms with Gasteiger partial charge in [0, 0.05) is 44.3 Å². The second-order valence-corrected chi connectivity index (χ2v) is 9.61. The van der Waals surface area contributed by atoms with Crippen molar-refractivity contribution in [2.45, 2.75) is 36.7 Å². The molecule has 6 nitrogen and oxygen atoms in total. The molecule has 4 rings (SSSR count). The van der Waals surface area contributed by atoms with Crippen LogP contribution in [-0.4, -0.2) is 62.6 Å². The highest BCUT2D eigenvalue weighted by molar-refractivity contribution is 7.92. The standard InChI is InChI=1S/C18H24N2O4S/c1-24-16-11-25(22,23)17-10-20(9-14(16)17)18(21)8-13-7-6-12-4-2-3-5-15(12)19-13/h2-5,13-14,16-17,19H,6-11H2,1H3/t13?,14-,16+,17-/m0/s1. The van der Waals surface area contributed by atoms with E-state index in [0.717, 1.165) is 18.5 Å². The van der Waals surface area contributed by atoms with E-state index in [9.17, 15) is 13.2 Å². The molecule has 1 amide bonds. The fourth-order valence-electron chi connectivity index (χ4n) is 4.45. The van der Waals surface area contributed by atoms with Crippen molar-refractivity contribution < 1.29 is 17.9 Å². The molecule has 3 aliphatic heterocycles. The predicted octanol–water partition coefficient (Wildman–Crippen LogP) is 1.07. The van der Waals surface area contributed by atoms with Gasteiger partial charge in [-0.05, 0) is 24.5 Å². The number of sulfone groups is 1. The summed E-state index contributed by atoms with van der Waals surface area (Å²) in [5, 5.41) is 2.99. The van der Waals surface area contributed by atoms with Crippen molar-refractivity contribution in [2.24, 2.45) is 5.92 Å². The van der Waals surface area contributed by atoms with Crippen LogP contribution >= 0.6 is 0 Å². The number of fused-ring (bicyclic) bond motifs is 2. The summed E-state index contributed by atoms with van der Waals surface area (Å²) >= 11 is 0. The van der Waals surface area contributed by atoms with Gasteiger partial charge in [-0.15, -0.1) is 0 Å². The van der Waals surface area contributed by atoms with Crippen molar-refractivity contribution in [1.82, 2.24) is 4.90 Å². The summed E-state index contributed by atoms with van der Waals surface area (Å²) in [6.07, 6.45) is 2.01. The minimum atomic E-state index is -3.16. The van der Waals surface area contributed by atoms with E-state index in [0.29, 0.717) is 19.5 Å². The maximum absolute atomic E-state index is 12.7. The van der Waals surface area contributed by atoms with Crippen LogP contribution in [0.3, 0.4) is 0 Å². The zero-order valence-electron chi connectivity index (χ0n) is 14.3. The highest BCUT2D eigenvalue weighted by Gasteiger charge is 2.53. The molecule has 0 radical (unpaired) electrons. The van der Waals surface area contributed by atoms with Gasteiger partial charge in [0.2, 0.25) is 5.91 Å². The molecule has 3 aliphatic rings. The Morgan fingerprint density at radius 2 is 2.12 bits per heavy atom. The van der Waals surface area contributed by atoms with Crippen molar-refractivity contribution in [3.63, 3.8) is 0 Å². The molecule has 0 spiro atoms. The number of nitrogens with one attached hydrogen (secondary N) is 1. The van der Waals surface area contributed by atoms with Gasteiger partial charge in [0.05, 0.1) is 17.1 Å². The molecule has 136 valence electrons. The number of anilines is 1. The number of hydrogen-bond acceptors (Lipinski definition) is 5. The molecular formula is C18H24N2O4S. The Morgan fingerprint density at radius 1 is 1.32 bits per heavy atom. The Bertz CT molecular complexity index is 779. The van der Waals surface area contributed by atoms with Gasteiger partial charge in [0.15, 0.2) is 9.84 Å². The summed E-state index contributed by atoms with van der Waals surface area (Å²) in [6.45, 7) is 0.805. The zero-order valence-corrected chi connectivity index (χ0v) is 15.2. The maximum atomic E-state index is 12.7. The highest BCUT2D eigenvalue weighted by Crippen LogP contribution is 2.36. The first-order valence-electron chi connectivity index (χ1n) is 8.84. The lowest BCUT2D eigenvalue weighted by Gasteiger charge is -2.28. The van der Waals surface area contributed by atoms with E-state index in [1.54, 1.807) is 12.0 Å². The summed E-state index contributed by atoms with van der Waals surface area (Å²) in [5.74, 6) is 0.0392. The molecule has 0 bridgehead atoms. The van der Waals surface area contributed by atoms with Gasteiger partial charge in [-0.2, -0.15) is 0 Å². The Morgan fingerprint density at radius 3 is 2.92 bits per heavy atom. The van der Waals surface area contributed by atoms with Gasteiger partial charge in [-0.25, -0.2) is 8.42 Å². The number of para-hydroxylation sites is 1. The van der Waals surface area contributed by atoms with Gasteiger partial charge in [-0.1, -0.05) is 18.2 Å². The molecule has 0 aromatic heterocycles. The van der Waals surface area contributed by atoms with E-state index in [2.05, 4.69) is 11.4 Å². The molecule has 0 saturated carbocycles. The molecule has 1 unspecified atom stereocenters. The summed E-state index contributed by atoms with van der Waals surface area (Å²) in [5.41, 5.74) is 2.39. The van der Waals surface area contributed by atoms with E-state index < -0.39 is 15.1 Å². The first-order chi connectivity index (χ1) is 12.0. The molecule has 25 heavy (non-hydrogen) atoms. The normalized spacial score (nSPS) is 32.8. The van der Waals surface area contributed by atoms with Crippen molar-refractivity contribution >= 4 is 21.4 Å². The summed E-state index contributed by atoms with van der Waals surface area (Å²) in [4.78, 5) is 14.4. The second-order valence-electron chi connectivity index (χ2n) is 7.35. The maximum Gasteiger partial charge on any atom is 0.224 e. The fourth-order valence-corrected chi connectivity index (χ4v) is 6.74. The number of likely N-dealkylation sites (tertiary alicyclic amines) is 1. The Balaban J connectivity index is 1.40. The van der Waals surface area contributed by atoms with Gasteiger partial charge in [-0.3, -0.25) is 4.79 Å². The molecule has 0 aliphatic carbocycles. The molecule has 2 saturated heterocycles. The second kappa shape index (κ2) is 6.29. The lowest BCUT2D eigenvalue weighted by atomic mass is 9.96. The fraction of sp³-hybridized carbons (Fsp3) is 0.611. The molecule has 3 heterocycles. The smallest absolute Gasteiger partial charge is 0.224 e. The number of ether oxygens (including phenoxy) is 1. The molecule has 4 atom stereocenters. The van der Waals surface area contributed by atoms with E-state index in [1.165, 1.54) is 5.56 Å². The molecular weight excluding hydrogens is 340 g/mol. The Kier molecular flexibility index (Phi) is 4.24. The van der Waals surface area contributed by atoms with Crippen molar-refractivity contribution in [2.75, 3.05) is 31.3 Å². The average Bonchev–Trinajstić information content (AvgIpc) is 3.14. The van der Waals surface area contributed by atoms with Crippen LogP contribution in [0.2, 0.25) is 0 Å². The average molecular weight is 364 g/mol. The highest BCUT2D eigenvalue weighted by atomic mass is 32.2. The van der Waals surface area contributed by atoms with E-state index >= 15 is 0 Å². The first kappa shape index (κ1) is 16.8. The molecule has 7 heteroatoms. The van der Waals surface area contributed by atoms with Crippen LogP contribution in [0.5, 0.6) is 0 Å². The van der Waals surface area contributed by atoms with Crippen LogP contribution < -0.4 is 5.32 Å². The number of hydrogen-bond donors (Lipinski definition) is 1. The van der Waals surface area contributed by atoms with Gasteiger partial charge >= 0.3 is 0 Å². The lowest BCUT2D eigenvalue weighted by Crippen LogP contribution is -2.37. The molecule has 1 N–H and O–H groups in total. The number of benzene rings is 1. The van der Waals surface area contributed by atoms with Crippen LogP contribution in [0, 0.1) is 5.92 Å². The van der Waals surface area contributed by atoms with Crippen molar-refractivity contribution in [3.05, 3.63) is 29.8 Å². The van der Waals surface area contributed by atoms with Crippen LogP contribution in [0.1, 0.15) is 18.4 Å². The van der Waals surface area contributed by atoms with Gasteiger partial charge in [0.25, 0.3) is 0 Å². The van der Waals surface area contributed by atoms with E-state index in [-0.39, 0.29) is 29.7 Å². The zero-order chi connectivity index (χ0) is 17.6. The molecule has 1 aromatic carbocycles. The third-order valence-electron chi connectivity index (χ3n) is 5.86. The summed E-state index contributed by atoms with van der Waals surface area (Å²) in [7, 11) is -1.61. The number of nitrogens with zero attached hydrogens (tertiary/aromatic N) is 1. The lowest BCUT2D eigenvalue weighted by molar-refractivity contribution is -0.130. The SMILES string of the molecule is CO[C@@H]1CS(=O)(=O)[C@H]2CN(C(=O)CC3CCc4ccccc4N3)C[C@@H]12. The van der Waals surface area contributed by atoms with Crippen LogP contribution in [0.15, 0.2) is 24.3 Å². The van der Waals surface area contributed by atoms with Crippen LogP contribution in [0.4, 0.5) is 5.69 Å². The van der Waals surface area contributed by atoms with Crippen LogP contribution in [-0.2, 0) is 25.8 Å². The number of amides is 1. The number of methoxy groups -OCH3 is 1. The quantitative estimate of drug-likeness (QED) is 0.868. The monoisotopic (exact) mass is 364 g/mol. The molecule has 2 fully saturated rings. The minimum absolute atomic E-state index is 0.0383. The third-order valence-corrected chi connectivity index (χ3v) is 8.07. The summed E-state index contributed by atoms with van der Waals surface area (Å²) < 4.78 is 29.9. The third kappa shape index (κ3) is 3.04. The first-order valence-corrected chi connectivity index (χ1v) is 10.6. The Hall–Kier alpha value is -1.60. The van der Waals surface area contributed by atoms with Gasteiger partial charge < -0.3 is 15.0 Å². The number of carbonyl (C=O) groups excluding carboxylic acids is 1. The van der Waals surface area contributed by atoms with Crippen molar-refractivity contribution in [1.29, 1.82) is 0 Å².